The van der Waals surface area contributed by atoms with Gasteiger partial charge in [0.1, 0.15) is 18.2 Å². The van der Waals surface area contributed by atoms with Crippen LogP contribution in [0.2, 0.25) is 0 Å². The van der Waals surface area contributed by atoms with Gasteiger partial charge in [0.05, 0.1) is 16.3 Å². The van der Waals surface area contributed by atoms with E-state index in [1.54, 1.807) is 32.0 Å². The van der Waals surface area contributed by atoms with Crippen molar-refractivity contribution >= 4 is 23.3 Å². The van der Waals surface area contributed by atoms with Gasteiger partial charge in [-0.05, 0) is 44.2 Å². The summed E-state index contributed by atoms with van der Waals surface area (Å²) in [6, 6.07) is 11.7. The molecule has 1 heterocycles. The van der Waals surface area contributed by atoms with Crippen LogP contribution in [0.5, 0.6) is 0 Å². The van der Waals surface area contributed by atoms with E-state index in [1.807, 2.05) is 20.8 Å². The lowest BCUT2D eigenvalue weighted by atomic mass is 9.92. The molecule has 2 amide bonds. The summed E-state index contributed by atoms with van der Waals surface area (Å²) in [5, 5.41) is 18.6. The summed E-state index contributed by atoms with van der Waals surface area (Å²) in [6.07, 6.45) is 0. The summed E-state index contributed by atoms with van der Waals surface area (Å²) < 4.78 is 14.9. The summed E-state index contributed by atoms with van der Waals surface area (Å²) in [5.74, 6) is -0.976. The smallest absolute Gasteiger partial charge is 0.273 e. The van der Waals surface area contributed by atoms with Crippen LogP contribution in [0.15, 0.2) is 48.5 Å². The van der Waals surface area contributed by atoms with E-state index < -0.39 is 22.6 Å². The lowest BCUT2D eigenvalue weighted by Gasteiger charge is -2.20. The summed E-state index contributed by atoms with van der Waals surface area (Å²) in [4.78, 5) is 37.9. The number of rotatable bonds is 7. The summed E-state index contributed by atoms with van der Waals surface area (Å²) in [6.45, 7) is 9.20. The summed E-state index contributed by atoms with van der Waals surface area (Å²) >= 11 is 0. The predicted octanol–water partition coefficient (Wildman–Crippen LogP) is 4.63. The first-order valence-electron chi connectivity index (χ1n) is 11.1. The van der Waals surface area contributed by atoms with Crippen LogP contribution in [0.4, 0.5) is 15.9 Å². The molecule has 2 aromatic carbocycles. The average Bonchev–Trinajstić information content (AvgIpc) is 3.22. The van der Waals surface area contributed by atoms with Gasteiger partial charge in [-0.15, -0.1) is 0 Å². The normalized spacial score (nSPS) is 11.3. The molecule has 0 atom stereocenters. The van der Waals surface area contributed by atoms with E-state index >= 15 is 0 Å². The SMILES string of the molecule is CCN(CC(=O)Nc1cc(C(C)(C)C)nn1-c1ccc(F)cc1)C(=O)c1ccc(C)c([N+](=O)[O-])c1. The van der Waals surface area contributed by atoms with Gasteiger partial charge in [0, 0.05) is 35.2 Å². The average molecular weight is 482 g/mol. The third kappa shape index (κ3) is 5.89. The molecule has 184 valence electrons. The number of benzene rings is 2. The van der Waals surface area contributed by atoms with Gasteiger partial charge in [-0.25, -0.2) is 9.07 Å². The molecule has 0 fully saturated rings. The quantitative estimate of drug-likeness (QED) is 0.391. The van der Waals surface area contributed by atoms with E-state index in [0.717, 1.165) is 0 Å². The van der Waals surface area contributed by atoms with Crippen LogP contribution in [0.3, 0.4) is 0 Å². The Morgan fingerprint density at radius 2 is 1.80 bits per heavy atom. The van der Waals surface area contributed by atoms with E-state index in [2.05, 4.69) is 10.4 Å². The Balaban J connectivity index is 1.84. The number of nitrogens with zero attached hydrogens (tertiary/aromatic N) is 4. The molecule has 3 aromatic rings. The first-order chi connectivity index (χ1) is 16.4. The largest absolute Gasteiger partial charge is 0.330 e. The molecule has 0 radical (unpaired) electrons. The second-order valence-corrected chi connectivity index (χ2v) is 9.18. The van der Waals surface area contributed by atoms with Crippen LogP contribution in [0, 0.1) is 22.9 Å². The molecule has 3 rings (SSSR count). The molecule has 1 N–H and O–H groups in total. The number of aromatic nitrogens is 2. The monoisotopic (exact) mass is 481 g/mol. The minimum Gasteiger partial charge on any atom is -0.330 e. The number of nitro groups is 1. The van der Waals surface area contributed by atoms with Crippen molar-refractivity contribution in [2.75, 3.05) is 18.4 Å². The molecule has 0 unspecified atom stereocenters. The van der Waals surface area contributed by atoms with E-state index in [0.29, 0.717) is 22.8 Å². The van der Waals surface area contributed by atoms with Crippen LogP contribution < -0.4 is 5.32 Å². The Bertz CT molecular complexity index is 1260. The number of aryl methyl sites for hydroxylation is 1. The van der Waals surface area contributed by atoms with Gasteiger partial charge in [0.2, 0.25) is 5.91 Å². The Labute approximate surface area is 202 Å². The van der Waals surface area contributed by atoms with Crippen LogP contribution >= 0.6 is 0 Å². The number of carbonyl (C=O) groups is 2. The van der Waals surface area contributed by atoms with Crippen LogP contribution in [0.25, 0.3) is 5.69 Å². The molecular weight excluding hydrogens is 453 g/mol. The van der Waals surface area contributed by atoms with Gasteiger partial charge in [0.25, 0.3) is 11.6 Å². The molecule has 0 saturated carbocycles. The second kappa shape index (κ2) is 10.0. The summed E-state index contributed by atoms with van der Waals surface area (Å²) in [5.41, 5.74) is 1.38. The molecule has 35 heavy (non-hydrogen) atoms. The standard InChI is InChI=1S/C25H28FN5O4/c1-6-29(24(33)17-8-7-16(2)20(13-17)31(34)35)15-23(32)27-22-14-21(25(3,4)5)28-30(22)19-11-9-18(26)10-12-19/h7-14H,6,15H2,1-5H3,(H,27,32). The van der Waals surface area contributed by atoms with Crippen LogP contribution in [0.1, 0.15) is 49.3 Å². The highest BCUT2D eigenvalue weighted by Gasteiger charge is 2.24. The topological polar surface area (TPSA) is 110 Å². The van der Waals surface area contributed by atoms with Gasteiger partial charge in [0.15, 0.2) is 0 Å². The van der Waals surface area contributed by atoms with Crippen molar-refractivity contribution < 1.29 is 18.9 Å². The zero-order valence-corrected chi connectivity index (χ0v) is 20.3. The lowest BCUT2D eigenvalue weighted by molar-refractivity contribution is -0.385. The number of halogens is 1. The fraction of sp³-hybridized carbons (Fsp3) is 0.320. The zero-order valence-electron chi connectivity index (χ0n) is 20.3. The van der Waals surface area contributed by atoms with Crippen molar-refractivity contribution in [3.63, 3.8) is 0 Å². The third-order valence-corrected chi connectivity index (χ3v) is 5.47. The van der Waals surface area contributed by atoms with Gasteiger partial charge >= 0.3 is 0 Å². The van der Waals surface area contributed by atoms with Gasteiger partial charge in [-0.3, -0.25) is 19.7 Å². The number of nitrogens with one attached hydrogen (secondary N) is 1. The number of anilines is 1. The number of hydrogen-bond donors (Lipinski definition) is 1. The molecule has 0 aliphatic carbocycles. The van der Waals surface area contributed by atoms with Crippen LogP contribution in [-0.2, 0) is 10.2 Å². The molecule has 10 heteroatoms. The van der Waals surface area contributed by atoms with Crippen molar-refractivity contribution in [3.05, 3.63) is 81.3 Å². The molecule has 9 nitrogen and oxygen atoms in total. The highest BCUT2D eigenvalue weighted by atomic mass is 19.1. The molecule has 0 saturated heterocycles. The van der Waals surface area contributed by atoms with E-state index in [4.69, 9.17) is 0 Å². The number of carbonyl (C=O) groups excluding carboxylic acids is 2. The highest BCUT2D eigenvalue weighted by Crippen LogP contribution is 2.26. The Morgan fingerprint density at radius 3 is 2.37 bits per heavy atom. The molecule has 0 aliphatic rings. The van der Waals surface area contributed by atoms with Crippen molar-refractivity contribution in [1.29, 1.82) is 0 Å². The maximum absolute atomic E-state index is 13.4. The molecular formula is C25H28FN5O4. The Kier molecular flexibility index (Phi) is 7.33. The van der Waals surface area contributed by atoms with Crippen molar-refractivity contribution in [2.45, 2.75) is 40.0 Å². The number of amides is 2. The molecule has 1 aromatic heterocycles. The maximum Gasteiger partial charge on any atom is 0.273 e. The van der Waals surface area contributed by atoms with Crippen molar-refractivity contribution in [2.24, 2.45) is 0 Å². The molecule has 0 bridgehead atoms. The maximum atomic E-state index is 13.4. The van der Waals surface area contributed by atoms with Gasteiger partial charge in [-0.2, -0.15) is 5.10 Å². The van der Waals surface area contributed by atoms with Crippen molar-refractivity contribution in [1.82, 2.24) is 14.7 Å². The van der Waals surface area contributed by atoms with E-state index in [1.165, 1.54) is 39.9 Å². The fourth-order valence-corrected chi connectivity index (χ4v) is 3.42. The number of likely N-dealkylation sites (N-methyl/N-ethyl adjacent to an activating group) is 1. The van der Waals surface area contributed by atoms with E-state index in [-0.39, 0.29) is 29.8 Å². The Morgan fingerprint density at radius 1 is 1.14 bits per heavy atom. The summed E-state index contributed by atoms with van der Waals surface area (Å²) in [7, 11) is 0. The number of hydrogen-bond acceptors (Lipinski definition) is 5. The number of nitro benzene ring substituents is 1. The third-order valence-electron chi connectivity index (χ3n) is 5.47. The van der Waals surface area contributed by atoms with Gasteiger partial charge < -0.3 is 10.2 Å². The first kappa shape index (κ1) is 25.5. The van der Waals surface area contributed by atoms with Gasteiger partial charge in [-0.1, -0.05) is 26.8 Å². The van der Waals surface area contributed by atoms with Crippen LogP contribution in [-0.4, -0.2) is 44.5 Å². The fourth-order valence-electron chi connectivity index (χ4n) is 3.42. The predicted molar refractivity (Wildman–Crippen MR) is 130 cm³/mol. The zero-order chi connectivity index (χ0) is 25.9. The highest BCUT2D eigenvalue weighted by molar-refractivity contribution is 5.99. The molecule has 0 aliphatic heterocycles. The van der Waals surface area contributed by atoms with Crippen molar-refractivity contribution in [3.8, 4) is 5.69 Å². The minimum absolute atomic E-state index is 0.128. The second-order valence-electron chi connectivity index (χ2n) is 9.18. The minimum atomic E-state index is -0.543. The molecule has 0 spiro atoms. The Hall–Kier alpha value is -4.08. The lowest BCUT2D eigenvalue weighted by Crippen LogP contribution is -2.38. The first-order valence-corrected chi connectivity index (χ1v) is 11.1. The van der Waals surface area contributed by atoms with E-state index in [9.17, 15) is 24.1 Å².